The second-order valence-corrected chi connectivity index (χ2v) is 3.44. The van der Waals surface area contributed by atoms with Crippen LogP contribution in [0.5, 0.6) is 0 Å². The lowest BCUT2D eigenvalue weighted by Gasteiger charge is -2.07. The first-order valence-corrected chi connectivity index (χ1v) is 4.86. The normalized spacial score (nSPS) is 10.5. The molecule has 0 atom stereocenters. The lowest BCUT2D eigenvalue weighted by molar-refractivity contribution is -0.386. The Hall–Kier alpha value is -2.12. The first-order valence-electron chi connectivity index (χ1n) is 4.86. The first-order chi connectivity index (χ1) is 8.36. The number of hydrogen-bond acceptors (Lipinski definition) is 5. The van der Waals surface area contributed by atoms with Gasteiger partial charge in [0.2, 0.25) is 0 Å². The van der Waals surface area contributed by atoms with E-state index in [4.69, 9.17) is 0 Å². The number of nitrogens with zero attached hydrogens (tertiary/aromatic N) is 2. The molecular weight excluding hydrogens is 250 g/mol. The average Bonchev–Trinajstić information content (AvgIpc) is 2.27. The number of pyridine rings is 1. The molecule has 98 valence electrons. The number of esters is 1. The number of methoxy groups -OCH3 is 1. The number of rotatable bonds is 4. The van der Waals surface area contributed by atoms with Crippen LogP contribution in [0.25, 0.3) is 0 Å². The number of aromatic nitrogens is 1. The van der Waals surface area contributed by atoms with Crippen LogP contribution in [-0.4, -0.2) is 23.0 Å². The van der Waals surface area contributed by atoms with E-state index in [9.17, 15) is 23.7 Å². The van der Waals surface area contributed by atoms with Crippen LogP contribution < -0.4 is 0 Å². The van der Waals surface area contributed by atoms with Gasteiger partial charge in [-0.15, -0.1) is 0 Å². The van der Waals surface area contributed by atoms with Crippen molar-refractivity contribution in [2.75, 3.05) is 7.11 Å². The molecule has 1 aromatic rings. The van der Waals surface area contributed by atoms with Gasteiger partial charge in [-0.25, -0.2) is 8.78 Å². The van der Waals surface area contributed by atoms with Gasteiger partial charge in [0.05, 0.1) is 29.8 Å². The Morgan fingerprint density at radius 1 is 1.61 bits per heavy atom. The summed E-state index contributed by atoms with van der Waals surface area (Å²) in [7, 11) is 1.15. The summed E-state index contributed by atoms with van der Waals surface area (Å²) in [5.41, 5.74) is -1.61. The molecule has 0 aliphatic heterocycles. The number of alkyl halides is 2. The van der Waals surface area contributed by atoms with Crippen molar-refractivity contribution in [1.29, 1.82) is 0 Å². The topological polar surface area (TPSA) is 82.3 Å². The number of ether oxygens (including phenoxy) is 1. The molecule has 0 aliphatic rings. The fraction of sp³-hybridized carbons (Fsp3) is 0.400. The fourth-order valence-electron chi connectivity index (χ4n) is 1.46. The first kappa shape index (κ1) is 13.9. The van der Waals surface area contributed by atoms with Crippen molar-refractivity contribution in [3.8, 4) is 0 Å². The Bertz CT molecular complexity index is 491. The highest BCUT2D eigenvalue weighted by molar-refractivity contribution is 5.72. The van der Waals surface area contributed by atoms with Crippen LogP contribution in [0.2, 0.25) is 0 Å². The molecule has 0 saturated carbocycles. The number of halogens is 2. The molecule has 1 aromatic heterocycles. The van der Waals surface area contributed by atoms with Gasteiger partial charge in [0, 0.05) is 6.07 Å². The maximum atomic E-state index is 12.7. The highest BCUT2D eigenvalue weighted by Crippen LogP contribution is 2.31. The van der Waals surface area contributed by atoms with Gasteiger partial charge in [-0.2, -0.15) is 0 Å². The lowest BCUT2D eigenvalue weighted by atomic mass is 10.1. The van der Waals surface area contributed by atoms with Crippen LogP contribution in [0, 0.1) is 17.0 Å². The summed E-state index contributed by atoms with van der Waals surface area (Å²) >= 11 is 0. The summed E-state index contributed by atoms with van der Waals surface area (Å²) < 4.78 is 29.7. The number of aryl methyl sites for hydroxylation is 1. The van der Waals surface area contributed by atoms with E-state index in [1.54, 1.807) is 0 Å². The van der Waals surface area contributed by atoms with E-state index in [1.807, 2.05) is 0 Å². The predicted octanol–water partition coefficient (Wildman–Crippen LogP) is 1.95. The van der Waals surface area contributed by atoms with Crippen molar-refractivity contribution < 1.29 is 23.2 Å². The van der Waals surface area contributed by atoms with E-state index in [0.29, 0.717) is 0 Å². The number of carbonyl (C=O) groups is 1. The van der Waals surface area contributed by atoms with E-state index >= 15 is 0 Å². The largest absolute Gasteiger partial charge is 0.469 e. The van der Waals surface area contributed by atoms with Crippen molar-refractivity contribution in [3.05, 3.63) is 33.1 Å². The Labute approximate surface area is 101 Å². The van der Waals surface area contributed by atoms with Crippen LogP contribution in [0.4, 0.5) is 14.5 Å². The predicted molar refractivity (Wildman–Crippen MR) is 56.3 cm³/mol. The fourth-order valence-corrected chi connectivity index (χ4v) is 1.46. The van der Waals surface area contributed by atoms with Gasteiger partial charge in [0.25, 0.3) is 12.1 Å². The molecule has 0 radical (unpaired) electrons. The van der Waals surface area contributed by atoms with Crippen molar-refractivity contribution in [3.63, 3.8) is 0 Å². The summed E-state index contributed by atoms with van der Waals surface area (Å²) in [5.74, 6) is -0.652. The zero-order valence-corrected chi connectivity index (χ0v) is 9.65. The Morgan fingerprint density at radius 3 is 2.67 bits per heavy atom. The van der Waals surface area contributed by atoms with E-state index in [-0.39, 0.29) is 17.8 Å². The molecule has 18 heavy (non-hydrogen) atoms. The molecule has 0 spiro atoms. The Morgan fingerprint density at radius 2 is 2.22 bits per heavy atom. The summed E-state index contributed by atoms with van der Waals surface area (Å²) in [4.78, 5) is 24.5. The third kappa shape index (κ3) is 2.96. The smallest absolute Gasteiger partial charge is 0.311 e. The maximum absolute atomic E-state index is 12.7. The Balaban J connectivity index is 3.28. The molecule has 0 fully saturated rings. The lowest BCUT2D eigenvalue weighted by Crippen LogP contribution is -2.09. The molecule has 1 rings (SSSR count). The average molecular weight is 260 g/mol. The molecular formula is C10H10F2N2O4. The second kappa shape index (κ2) is 5.48. The maximum Gasteiger partial charge on any atom is 0.311 e. The molecule has 0 bridgehead atoms. The second-order valence-electron chi connectivity index (χ2n) is 3.44. The van der Waals surface area contributed by atoms with Gasteiger partial charge in [-0.3, -0.25) is 19.9 Å². The minimum absolute atomic E-state index is 0.0236. The summed E-state index contributed by atoms with van der Waals surface area (Å²) in [6, 6.07) is 0.866. The van der Waals surface area contributed by atoms with Crippen molar-refractivity contribution in [2.24, 2.45) is 0 Å². The van der Waals surface area contributed by atoms with E-state index in [2.05, 4.69) is 9.72 Å². The highest BCUT2D eigenvalue weighted by Gasteiger charge is 2.26. The highest BCUT2D eigenvalue weighted by atomic mass is 19.3. The van der Waals surface area contributed by atoms with Gasteiger partial charge in [-0.05, 0) is 6.92 Å². The van der Waals surface area contributed by atoms with E-state index in [0.717, 1.165) is 13.2 Å². The zero-order valence-electron chi connectivity index (χ0n) is 9.65. The van der Waals surface area contributed by atoms with Gasteiger partial charge >= 0.3 is 5.97 Å². The van der Waals surface area contributed by atoms with Gasteiger partial charge in [0.15, 0.2) is 0 Å². The van der Waals surface area contributed by atoms with E-state index < -0.39 is 28.6 Å². The third-order valence-corrected chi connectivity index (χ3v) is 2.25. The van der Waals surface area contributed by atoms with Crippen molar-refractivity contribution in [2.45, 2.75) is 19.8 Å². The standard InChI is InChI=1S/C10H10F2N2O4/c1-5-9(10(11)12)7(14(16)17)3-6(13-5)4-8(15)18-2/h3,10H,4H2,1-2H3. The van der Waals surface area contributed by atoms with Crippen LogP contribution in [0.1, 0.15) is 23.4 Å². The van der Waals surface area contributed by atoms with Crippen LogP contribution in [0.15, 0.2) is 6.07 Å². The summed E-state index contributed by atoms with van der Waals surface area (Å²) in [5, 5.41) is 10.7. The molecule has 0 unspecified atom stereocenters. The summed E-state index contributed by atoms with van der Waals surface area (Å²) in [6.07, 6.45) is -3.30. The summed E-state index contributed by atoms with van der Waals surface area (Å²) in [6.45, 7) is 1.23. The van der Waals surface area contributed by atoms with Gasteiger partial charge in [-0.1, -0.05) is 0 Å². The molecule has 6 nitrogen and oxygen atoms in total. The van der Waals surface area contributed by atoms with Crippen LogP contribution in [0.3, 0.4) is 0 Å². The monoisotopic (exact) mass is 260 g/mol. The number of nitro groups is 1. The molecule has 0 N–H and O–H groups in total. The molecule has 0 saturated heterocycles. The Kier molecular flexibility index (Phi) is 4.24. The van der Waals surface area contributed by atoms with Crippen LogP contribution >= 0.6 is 0 Å². The molecule has 8 heteroatoms. The zero-order chi connectivity index (χ0) is 13.9. The quantitative estimate of drug-likeness (QED) is 0.469. The van der Waals surface area contributed by atoms with Crippen LogP contribution in [-0.2, 0) is 16.0 Å². The number of carbonyl (C=O) groups excluding carboxylic acids is 1. The SMILES string of the molecule is COC(=O)Cc1cc([N+](=O)[O-])c(C(F)F)c(C)n1. The van der Waals surface area contributed by atoms with E-state index in [1.165, 1.54) is 6.92 Å². The molecule has 0 amide bonds. The van der Waals surface area contributed by atoms with Gasteiger partial charge < -0.3 is 4.74 Å². The van der Waals surface area contributed by atoms with Crippen molar-refractivity contribution >= 4 is 11.7 Å². The molecule has 0 aromatic carbocycles. The minimum Gasteiger partial charge on any atom is -0.469 e. The minimum atomic E-state index is -3.00. The number of hydrogen-bond donors (Lipinski definition) is 0. The van der Waals surface area contributed by atoms with Crippen molar-refractivity contribution in [1.82, 2.24) is 4.98 Å². The molecule has 1 heterocycles. The van der Waals surface area contributed by atoms with Gasteiger partial charge in [0.1, 0.15) is 5.56 Å². The third-order valence-electron chi connectivity index (χ3n) is 2.25. The molecule has 0 aliphatic carbocycles.